The van der Waals surface area contributed by atoms with Gasteiger partial charge in [0.2, 0.25) is 11.8 Å². The van der Waals surface area contributed by atoms with Gasteiger partial charge in [-0.2, -0.15) is 0 Å². The van der Waals surface area contributed by atoms with E-state index in [1.807, 2.05) is 13.8 Å². The summed E-state index contributed by atoms with van der Waals surface area (Å²) in [6.45, 7) is 5.71. The predicted molar refractivity (Wildman–Crippen MR) is 90.4 cm³/mol. The van der Waals surface area contributed by atoms with Gasteiger partial charge in [-0.1, -0.05) is 26.0 Å². The molecule has 2 amide bonds. The van der Waals surface area contributed by atoms with E-state index in [1.54, 1.807) is 24.0 Å². The number of carbonyl (C=O) groups excluding carboxylic acids is 2. The molecule has 0 bridgehead atoms. The molecule has 6 heteroatoms. The maximum absolute atomic E-state index is 13.5. The molecule has 1 aromatic carbocycles. The van der Waals surface area contributed by atoms with E-state index in [1.165, 1.54) is 23.9 Å². The smallest absolute Gasteiger partial charge is 0.243 e. The van der Waals surface area contributed by atoms with E-state index in [0.717, 1.165) is 12.0 Å². The monoisotopic (exact) mass is 338 g/mol. The number of halogens is 1. The fourth-order valence-corrected chi connectivity index (χ4v) is 3.99. The number of amides is 2. The summed E-state index contributed by atoms with van der Waals surface area (Å²) in [4.78, 5) is 26.5. The molecule has 1 N–H and O–H groups in total. The van der Waals surface area contributed by atoms with E-state index in [4.69, 9.17) is 0 Å². The molecule has 0 aliphatic carbocycles. The largest absolute Gasteiger partial charge is 0.352 e. The zero-order valence-corrected chi connectivity index (χ0v) is 14.5. The van der Waals surface area contributed by atoms with Gasteiger partial charge >= 0.3 is 0 Å². The summed E-state index contributed by atoms with van der Waals surface area (Å²) in [5, 5.41) is 2.63. The second-order valence-electron chi connectivity index (χ2n) is 5.73. The van der Waals surface area contributed by atoms with Gasteiger partial charge < -0.3 is 10.2 Å². The highest BCUT2D eigenvalue weighted by Gasteiger charge is 2.41. The lowest BCUT2D eigenvalue weighted by Crippen LogP contribution is -2.49. The summed E-state index contributed by atoms with van der Waals surface area (Å²) in [6.07, 6.45) is 1.15. The average Bonchev–Trinajstić information content (AvgIpc) is 2.99. The zero-order chi connectivity index (χ0) is 17.0. The molecule has 1 aliphatic heterocycles. The van der Waals surface area contributed by atoms with Crippen molar-refractivity contribution in [3.8, 4) is 0 Å². The first kappa shape index (κ1) is 17.8. The van der Waals surface area contributed by atoms with Crippen LogP contribution in [0.2, 0.25) is 0 Å². The van der Waals surface area contributed by atoms with Gasteiger partial charge in [-0.25, -0.2) is 4.39 Å². The van der Waals surface area contributed by atoms with E-state index < -0.39 is 6.04 Å². The maximum atomic E-state index is 13.5. The Morgan fingerprint density at radius 2 is 2.17 bits per heavy atom. The summed E-state index contributed by atoms with van der Waals surface area (Å²) in [5.74, 6) is -0.0320. The second-order valence-corrected chi connectivity index (χ2v) is 6.84. The number of nitrogens with zero attached hydrogens (tertiary/aromatic N) is 1. The van der Waals surface area contributed by atoms with Crippen LogP contribution in [0.5, 0.6) is 0 Å². The van der Waals surface area contributed by atoms with Crippen LogP contribution in [0.4, 0.5) is 4.39 Å². The molecule has 2 rings (SSSR count). The Morgan fingerprint density at radius 3 is 2.78 bits per heavy atom. The van der Waals surface area contributed by atoms with Crippen molar-refractivity contribution >= 4 is 23.6 Å². The van der Waals surface area contributed by atoms with Crippen molar-refractivity contribution < 1.29 is 14.0 Å². The minimum Gasteiger partial charge on any atom is -0.352 e. The number of carbonyl (C=O) groups is 2. The number of benzene rings is 1. The van der Waals surface area contributed by atoms with E-state index in [-0.39, 0.29) is 29.0 Å². The van der Waals surface area contributed by atoms with Crippen molar-refractivity contribution in [1.82, 2.24) is 10.2 Å². The highest BCUT2D eigenvalue weighted by molar-refractivity contribution is 7.99. The first-order chi connectivity index (χ1) is 11.0. The van der Waals surface area contributed by atoms with Crippen LogP contribution in [0.15, 0.2) is 24.3 Å². The summed E-state index contributed by atoms with van der Waals surface area (Å²) >= 11 is 1.50. The van der Waals surface area contributed by atoms with E-state index in [2.05, 4.69) is 5.32 Å². The Morgan fingerprint density at radius 1 is 1.43 bits per heavy atom. The molecule has 1 aromatic rings. The van der Waals surface area contributed by atoms with Crippen LogP contribution in [0.1, 0.15) is 44.6 Å². The Labute approximate surface area is 140 Å². The molecule has 0 spiro atoms. The maximum Gasteiger partial charge on any atom is 0.243 e. The summed E-state index contributed by atoms with van der Waals surface area (Å²) in [6, 6.07) is 5.80. The van der Waals surface area contributed by atoms with Crippen molar-refractivity contribution in [2.24, 2.45) is 0 Å². The Kier molecular flexibility index (Phi) is 6.04. The first-order valence-electron chi connectivity index (χ1n) is 7.96. The van der Waals surface area contributed by atoms with Crippen LogP contribution < -0.4 is 5.32 Å². The lowest BCUT2D eigenvalue weighted by molar-refractivity contribution is -0.139. The minimum absolute atomic E-state index is 0.0688. The lowest BCUT2D eigenvalue weighted by atomic mass is 10.1. The summed E-state index contributed by atoms with van der Waals surface area (Å²) in [5.41, 5.74) is 0.718. The molecule has 1 fully saturated rings. The molecule has 0 radical (unpaired) electrons. The third kappa shape index (κ3) is 4.05. The quantitative estimate of drug-likeness (QED) is 0.897. The third-order valence-corrected chi connectivity index (χ3v) is 5.35. The van der Waals surface area contributed by atoms with Gasteiger partial charge in [0.05, 0.1) is 0 Å². The molecular weight excluding hydrogens is 315 g/mol. The normalized spacial score (nSPS) is 22.0. The zero-order valence-electron chi connectivity index (χ0n) is 13.7. The van der Waals surface area contributed by atoms with E-state index in [0.29, 0.717) is 12.2 Å². The second kappa shape index (κ2) is 7.81. The predicted octanol–water partition coefficient (Wildman–Crippen LogP) is 3.09. The van der Waals surface area contributed by atoms with Crippen molar-refractivity contribution in [1.29, 1.82) is 0 Å². The molecule has 1 heterocycles. The molecule has 23 heavy (non-hydrogen) atoms. The molecular formula is C17H23FN2O2S. The number of hydrogen-bond donors (Lipinski definition) is 1. The SMILES string of the molecule is CCC(=O)N1C(C(=O)NC(C)CC)CSC1c1cccc(F)c1. The summed E-state index contributed by atoms with van der Waals surface area (Å²) < 4.78 is 13.5. The molecule has 3 atom stereocenters. The summed E-state index contributed by atoms with van der Waals surface area (Å²) in [7, 11) is 0. The van der Waals surface area contributed by atoms with Gasteiger partial charge in [-0.05, 0) is 31.0 Å². The van der Waals surface area contributed by atoms with E-state index in [9.17, 15) is 14.0 Å². The number of nitrogens with one attached hydrogen (secondary N) is 1. The van der Waals surface area contributed by atoms with E-state index >= 15 is 0 Å². The van der Waals surface area contributed by atoms with Gasteiger partial charge in [0, 0.05) is 18.2 Å². The van der Waals surface area contributed by atoms with Crippen molar-refractivity contribution in [3.63, 3.8) is 0 Å². The van der Waals surface area contributed by atoms with Crippen LogP contribution in [0.3, 0.4) is 0 Å². The highest BCUT2D eigenvalue weighted by atomic mass is 32.2. The Bertz CT molecular complexity index is 581. The molecule has 3 unspecified atom stereocenters. The van der Waals surface area contributed by atoms with Gasteiger partial charge in [-0.3, -0.25) is 9.59 Å². The van der Waals surface area contributed by atoms with Crippen LogP contribution in [-0.4, -0.2) is 34.6 Å². The fraction of sp³-hybridized carbons (Fsp3) is 0.529. The van der Waals surface area contributed by atoms with Crippen molar-refractivity contribution in [3.05, 3.63) is 35.6 Å². The number of rotatable bonds is 5. The Balaban J connectivity index is 2.25. The fourth-order valence-electron chi connectivity index (χ4n) is 2.55. The van der Waals surface area contributed by atoms with Gasteiger partial charge in [-0.15, -0.1) is 11.8 Å². The molecule has 0 saturated carbocycles. The standard InChI is InChI=1S/C17H23FN2O2S/c1-4-11(3)19-16(22)14-10-23-17(20(14)15(21)5-2)12-7-6-8-13(18)9-12/h6-9,11,14,17H,4-5,10H2,1-3H3,(H,19,22). The van der Waals surface area contributed by atoms with Crippen molar-refractivity contribution in [2.75, 3.05) is 5.75 Å². The number of hydrogen-bond acceptors (Lipinski definition) is 3. The molecule has 126 valence electrons. The molecule has 1 saturated heterocycles. The Hall–Kier alpha value is -1.56. The minimum atomic E-state index is -0.505. The van der Waals surface area contributed by atoms with Crippen LogP contribution in [0, 0.1) is 5.82 Å². The third-order valence-electron chi connectivity index (χ3n) is 4.03. The van der Waals surface area contributed by atoms with Crippen LogP contribution in [-0.2, 0) is 9.59 Å². The highest BCUT2D eigenvalue weighted by Crippen LogP contribution is 2.41. The number of thioether (sulfide) groups is 1. The average molecular weight is 338 g/mol. The van der Waals surface area contributed by atoms with Gasteiger partial charge in [0.15, 0.2) is 0 Å². The van der Waals surface area contributed by atoms with Gasteiger partial charge in [0.1, 0.15) is 17.2 Å². The topological polar surface area (TPSA) is 49.4 Å². The van der Waals surface area contributed by atoms with Crippen LogP contribution in [0.25, 0.3) is 0 Å². The molecule has 1 aliphatic rings. The van der Waals surface area contributed by atoms with Gasteiger partial charge in [0.25, 0.3) is 0 Å². The van der Waals surface area contributed by atoms with Crippen molar-refractivity contribution in [2.45, 2.75) is 51.1 Å². The lowest BCUT2D eigenvalue weighted by Gasteiger charge is -2.29. The first-order valence-corrected chi connectivity index (χ1v) is 9.01. The molecule has 4 nitrogen and oxygen atoms in total. The molecule has 0 aromatic heterocycles. The van der Waals surface area contributed by atoms with Crippen LogP contribution >= 0.6 is 11.8 Å².